The molecule has 11 heteroatoms. The van der Waals surface area contributed by atoms with E-state index in [9.17, 15) is 24.0 Å². The van der Waals surface area contributed by atoms with Gasteiger partial charge in [-0.05, 0) is 42.9 Å². The number of nitrogens with one attached hydrogen (secondary N) is 4. The quantitative estimate of drug-likeness (QED) is 0.334. The summed E-state index contributed by atoms with van der Waals surface area (Å²) in [6.07, 6.45) is 0.621. The van der Waals surface area contributed by atoms with Crippen LogP contribution >= 0.6 is 0 Å². The lowest BCUT2D eigenvalue weighted by Gasteiger charge is -2.27. The van der Waals surface area contributed by atoms with Gasteiger partial charge in [-0.2, -0.15) is 0 Å². The molecule has 1 rings (SSSR count). The molecule has 0 aromatic rings. The molecule has 0 aliphatic carbocycles. The number of hydrogen-bond donors (Lipinski definition) is 4. The first-order valence-corrected chi connectivity index (χ1v) is 12.2. The molecule has 200 valence electrons. The first-order valence-electron chi connectivity index (χ1n) is 12.2. The normalized spacial score (nSPS) is 18.7. The van der Waals surface area contributed by atoms with Crippen LogP contribution in [0.25, 0.3) is 0 Å². The average molecular weight is 499 g/mol. The SMILES string of the molecule is CC(C)CC(NC(=O)OCC(C)(C)C)C(=O)NC(CC(C)C)C(=O)NC1CCCONC(=O)C1=O. The van der Waals surface area contributed by atoms with E-state index in [1.54, 1.807) is 0 Å². The van der Waals surface area contributed by atoms with Crippen molar-refractivity contribution in [3.8, 4) is 0 Å². The third-order valence-corrected chi connectivity index (χ3v) is 5.05. The maximum Gasteiger partial charge on any atom is 0.407 e. The van der Waals surface area contributed by atoms with Gasteiger partial charge in [0, 0.05) is 0 Å². The van der Waals surface area contributed by atoms with E-state index < -0.39 is 47.7 Å². The minimum Gasteiger partial charge on any atom is -0.449 e. The minimum absolute atomic E-state index is 0.0454. The lowest BCUT2D eigenvalue weighted by Crippen LogP contribution is -2.57. The molecule has 11 nitrogen and oxygen atoms in total. The molecule has 4 amide bonds. The van der Waals surface area contributed by atoms with Gasteiger partial charge in [-0.3, -0.25) is 24.0 Å². The number of carbonyl (C=O) groups excluding carboxylic acids is 5. The van der Waals surface area contributed by atoms with Crippen molar-refractivity contribution in [1.29, 1.82) is 0 Å². The lowest BCUT2D eigenvalue weighted by atomic mass is 9.99. The van der Waals surface area contributed by atoms with E-state index in [-0.39, 0.29) is 36.9 Å². The molecule has 0 aromatic heterocycles. The van der Waals surface area contributed by atoms with Gasteiger partial charge in [0.15, 0.2) is 0 Å². The Morgan fingerprint density at radius 2 is 1.57 bits per heavy atom. The number of Topliss-reactive ketones (excluding diaryl/α,β-unsaturated/α-hetero) is 1. The van der Waals surface area contributed by atoms with Crippen molar-refractivity contribution < 1.29 is 33.5 Å². The Bertz CT molecular complexity index is 761. The highest BCUT2D eigenvalue weighted by Gasteiger charge is 2.33. The number of alkyl carbamates (subject to hydrolysis) is 1. The molecule has 0 spiro atoms. The topological polar surface area (TPSA) is 152 Å². The third kappa shape index (κ3) is 12.0. The summed E-state index contributed by atoms with van der Waals surface area (Å²) < 4.78 is 5.24. The van der Waals surface area contributed by atoms with Gasteiger partial charge in [0.2, 0.25) is 17.6 Å². The molecule has 0 saturated carbocycles. The van der Waals surface area contributed by atoms with Gasteiger partial charge in [0.25, 0.3) is 0 Å². The number of hydroxylamine groups is 1. The van der Waals surface area contributed by atoms with Crippen LogP contribution in [0.5, 0.6) is 0 Å². The van der Waals surface area contributed by atoms with Gasteiger partial charge in [0.05, 0.1) is 19.3 Å². The molecule has 35 heavy (non-hydrogen) atoms. The van der Waals surface area contributed by atoms with Crippen LogP contribution in [0.1, 0.15) is 74.1 Å². The molecule has 0 bridgehead atoms. The summed E-state index contributed by atoms with van der Waals surface area (Å²) in [5, 5.41) is 7.92. The molecule has 0 aromatic carbocycles. The molecule has 1 fully saturated rings. The summed E-state index contributed by atoms with van der Waals surface area (Å²) >= 11 is 0. The number of amides is 4. The fourth-order valence-corrected chi connectivity index (χ4v) is 3.37. The second-order valence-corrected chi connectivity index (χ2v) is 11.0. The van der Waals surface area contributed by atoms with Crippen molar-refractivity contribution in [2.45, 2.75) is 92.3 Å². The van der Waals surface area contributed by atoms with Gasteiger partial charge < -0.3 is 20.7 Å². The summed E-state index contributed by atoms with van der Waals surface area (Å²) in [7, 11) is 0. The summed E-state index contributed by atoms with van der Waals surface area (Å²) in [6.45, 7) is 13.8. The number of ketones is 1. The zero-order valence-electron chi connectivity index (χ0n) is 22.0. The first-order chi connectivity index (χ1) is 16.2. The average Bonchev–Trinajstić information content (AvgIpc) is 2.72. The fourth-order valence-electron chi connectivity index (χ4n) is 3.37. The summed E-state index contributed by atoms with van der Waals surface area (Å²) in [5.41, 5.74) is 1.81. The molecule has 3 unspecified atom stereocenters. The Morgan fingerprint density at radius 1 is 1.00 bits per heavy atom. The van der Waals surface area contributed by atoms with Crippen molar-refractivity contribution in [2.75, 3.05) is 13.2 Å². The van der Waals surface area contributed by atoms with Crippen LogP contribution < -0.4 is 21.4 Å². The fraction of sp³-hybridized carbons (Fsp3) is 0.792. The van der Waals surface area contributed by atoms with E-state index in [1.165, 1.54) is 0 Å². The highest BCUT2D eigenvalue weighted by Crippen LogP contribution is 2.14. The van der Waals surface area contributed by atoms with Crippen LogP contribution in [-0.2, 0) is 28.8 Å². The molecule has 1 aliphatic rings. The van der Waals surface area contributed by atoms with Crippen molar-refractivity contribution in [2.24, 2.45) is 17.3 Å². The molecule has 1 saturated heterocycles. The maximum atomic E-state index is 13.1. The summed E-state index contributed by atoms with van der Waals surface area (Å²) in [6, 6.07) is -2.88. The Hall–Kier alpha value is -2.69. The van der Waals surface area contributed by atoms with Crippen LogP contribution in [-0.4, -0.2) is 60.9 Å². The van der Waals surface area contributed by atoms with Crippen LogP contribution in [0.2, 0.25) is 0 Å². The number of rotatable bonds is 10. The van der Waals surface area contributed by atoms with Crippen LogP contribution in [0.15, 0.2) is 0 Å². The van der Waals surface area contributed by atoms with Crippen LogP contribution in [0.4, 0.5) is 4.79 Å². The van der Waals surface area contributed by atoms with Crippen molar-refractivity contribution in [3.63, 3.8) is 0 Å². The van der Waals surface area contributed by atoms with Gasteiger partial charge in [-0.25, -0.2) is 10.3 Å². The largest absolute Gasteiger partial charge is 0.449 e. The second kappa shape index (κ2) is 14.0. The van der Waals surface area contributed by atoms with Crippen molar-refractivity contribution >= 4 is 29.6 Å². The molecule has 0 radical (unpaired) electrons. The number of hydrogen-bond acceptors (Lipinski definition) is 7. The van der Waals surface area contributed by atoms with Gasteiger partial charge in [0.1, 0.15) is 12.1 Å². The zero-order chi connectivity index (χ0) is 26.8. The Balaban J connectivity index is 2.93. The van der Waals surface area contributed by atoms with E-state index in [0.29, 0.717) is 19.3 Å². The maximum absolute atomic E-state index is 13.1. The number of ether oxygens (including phenoxy) is 1. The van der Waals surface area contributed by atoms with Gasteiger partial charge >= 0.3 is 12.0 Å². The zero-order valence-corrected chi connectivity index (χ0v) is 22.0. The van der Waals surface area contributed by atoms with Crippen molar-refractivity contribution in [1.82, 2.24) is 21.4 Å². The second-order valence-electron chi connectivity index (χ2n) is 11.0. The molecule has 3 atom stereocenters. The van der Waals surface area contributed by atoms with Gasteiger partial charge in [-0.1, -0.05) is 48.5 Å². The van der Waals surface area contributed by atoms with E-state index in [2.05, 4.69) is 16.0 Å². The van der Waals surface area contributed by atoms with E-state index in [0.717, 1.165) is 0 Å². The Labute approximate surface area is 207 Å². The van der Waals surface area contributed by atoms with E-state index >= 15 is 0 Å². The smallest absolute Gasteiger partial charge is 0.407 e. The van der Waals surface area contributed by atoms with E-state index in [1.807, 2.05) is 53.9 Å². The van der Waals surface area contributed by atoms with Crippen molar-refractivity contribution in [3.05, 3.63) is 0 Å². The predicted octanol–water partition coefficient (Wildman–Crippen LogP) is 1.60. The summed E-state index contributed by atoms with van der Waals surface area (Å²) in [5.74, 6) is -2.72. The standard InChI is InChI=1S/C24H42N4O7/c1-14(2)11-17(20(30)25-16-9-8-10-35-28-22(32)19(16)29)26-21(31)18(12-15(3)4)27-23(33)34-13-24(5,6)7/h14-18H,8-13H2,1-7H3,(H,25,30)(H,26,31)(H,27,33)(H,28,32). The highest BCUT2D eigenvalue weighted by molar-refractivity contribution is 6.38. The van der Waals surface area contributed by atoms with E-state index in [4.69, 9.17) is 9.57 Å². The number of carbonyl (C=O) groups is 5. The van der Waals surface area contributed by atoms with Crippen LogP contribution in [0, 0.1) is 17.3 Å². The van der Waals surface area contributed by atoms with Crippen LogP contribution in [0.3, 0.4) is 0 Å². The molecular weight excluding hydrogens is 456 g/mol. The Kier molecular flexibility index (Phi) is 12.1. The monoisotopic (exact) mass is 498 g/mol. The molecule has 1 aliphatic heterocycles. The Morgan fingerprint density at radius 3 is 2.11 bits per heavy atom. The highest BCUT2D eigenvalue weighted by atomic mass is 16.7. The minimum atomic E-state index is -1.02. The summed E-state index contributed by atoms with van der Waals surface area (Å²) in [4.78, 5) is 67.5. The third-order valence-electron chi connectivity index (χ3n) is 5.05. The van der Waals surface area contributed by atoms with Gasteiger partial charge in [-0.15, -0.1) is 0 Å². The molecule has 1 heterocycles. The lowest BCUT2D eigenvalue weighted by molar-refractivity contribution is -0.149. The molecular formula is C24H42N4O7. The first kappa shape index (κ1) is 30.3. The predicted molar refractivity (Wildman–Crippen MR) is 129 cm³/mol. The molecule has 4 N–H and O–H groups in total.